The first kappa shape index (κ1) is 17.0. The van der Waals surface area contributed by atoms with Crippen LogP contribution in [0.25, 0.3) is 0 Å². The molecule has 0 spiro atoms. The van der Waals surface area contributed by atoms with E-state index in [4.69, 9.17) is 0 Å². The van der Waals surface area contributed by atoms with Gasteiger partial charge in [0.25, 0.3) is 0 Å². The van der Waals surface area contributed by atoms with Crippen molar-refractivity contribution in [3.05, 3.63) is 0 Å². The van der Waals surface area contributed by atoms with E-state index in [-0.39, 0.29) is 5.75 Å². The molecule has 3 nitrogen and oxygen atoms in total. The Labute approximate surface area is 119 Å². The van der Waals surface area contributed by atoms with Crippen LogP contribution in [0.15, 0.2) is 0 Å². The molecule has 1 saturated carbocycles. The number of nitrogens with one attached hydrogen (secondary N) is 1. The van der Waals surface area contributed by atoms with E-state index >= 15 is 0 Å². The van der Waals surface area contributed by atoms with Crippen molar-refractivity contribution in [3.8, 4) is 0 Å². The van der Waals surface area contributed by atoms with Gasteiger partial charge in [0.15, 0.2) is 0 Å². The Hall–Kier alpha value is -0.0900. The number of hydrogen-bond acceptors (Lipinski definition) is 3. The molecule has 114 valence electrons. The molecular formula is C15H31NO2S. The zero-order valence-corrected chi connectivity index (χ0v) is 13.8. The number of hydrogen-bond donors (Lipinski definition) is 1. The van der Waals surface area contributed by atoms with Gasteiger partial charge in [-0.15, -0.1) is 0 Å². The van der Waals surface area contributed by atoms with Crippen LogP contribution in [-0.4, -0.2) is 32.5 Å². The van der Waals surface area contributed by atoms with Crippen LogP contribution >= 0.6 is 0 Å². The van der Waals surface area contributed by atoms with Gasteiger partial charge in [0, 0.05) is 11.8 Å². The lowest BCUT2D eigenvalue weighted by Gasteiger charge is -2.38. The molecule has 3 unspecified atom stereocenters. The Morgan fingerprint density at radius 2 is 1.89 bits per heavy atom. The van der Waals surface area contributed by atoms with Crippen LogP contribution in [0, 0.1) is 17.8 Å². The van der Waals surface area contributed by atoms with Gasteiger partial charge in [0.05, 0.1) is 5.75 Å². The maximum atomic E-state index is 11.7. The zero-order valence-electron chi connectivity index (χ0n) is 13.0. The molecule has 1 aliphatic carbocycles. The normalized spacial score (nSPS) is 28.8. The van der Waals surface area contributed by atoms with Crippen LogP contribution in [-0.2, 0) is 9.84 Å². The van der Waals surface area contributed by atoms with Gasteiger partial charge in [-0.2, -0.15) is 0 Å². The van der Waals surface area contributed by atoms with Crippen molar-refractivity contribution in [2.75, 3.05) is 18.1 Å². The molecule has 0 aromatic heterocycles. The topological polar surface area (TPSA) is 46.2 Å². The smallest absolute Gasteiger partial charge is 0.150 e. The third kappa shape index (κ3) is 5.42. The van der Waals surface area contributed by atoms with Crippen molar-refractivity contribution < 1.29 is 8.42 Å². The summed E-state index contributed by atoms with van der Waals surface area (Å²) in [6, 6.07) is 0.520. The molecule has 4 heteroatoms. The molecule has 1 aliphatic rings. The molecule has 1 rings (SSSR count). The highest BCUT2D eigenvalue weighted by molar-refractivity contribution is 7.91. The Bertz CT molecular complexity index is 351. The van der Waals surface area contributed by atoms with E-state index in [1.54, 1.807) is 6.92 Å². The van der Waals surface area contributed by atoms with Crippen molar-refractivity contribution >= 4 is 9.84 Å². The molecule has 0 amide bonds. The zero-order chi connectivity index (χ0) is 14.5. The number of sulfone groups is 1. The van der Waals surface area contributed by atoms with Gasteiger partial charge in [0.1, 0.15) is 9.84 Å². The van der Waals surface area contributed by atoms with Crippen molar-refractivity contribution in [2.45, 2.75) is 59.4 Å². The summed E-state index contributed by atoms with van der Waals surface area (Å²) in [5, 5.41) is 3.55. The monoisotopic (exact) mass is 289 g/mol. The second kappa shape index (κ2) is 7.63. The molecule has 1 N–H and O–H groups in total. The summed E-state index contributed by atoms with van der Waals surface area (Å²) in [5.41, 5.74) is 0. The summed E-state index contributed by atoms with van der Waals surface area (Å²) >= 11 is 0. The van der Waals surface area contributed by atoms with Crippen LogP contribution < -0.4 is 5.32 Å². The first-order valence-electron chi connectivity index (χ1n) is 7.83. The summed E-state index contributed by atoms with van der Waals surface area (Å²) in [6.45, 7) is 9.44. The van der Waals surface area contributed by atoms with E-state index in [1.807, 2.05) is 0 Å². The average molecular weight is 289 g/mol. The van der Waals surface area contributed by atoms with Crippen molar-refractivity contribution in [1.82, 2.24) is 5.32 Å². The summed E-state index contributed by atoms with van der Waals surface area (Å²) in [7, 11) is -2.82. The lowest BCUT2D eigenvalue weighted by atomic mass is 9.72. The average Bonchev–Trinajstić information content (AvgIpc) is 2.37. The van der Waals surface area contributed by atoms with Crippen molar-refractivity contribution in [3.63, 3.8) is 0 Å². The molecule has 19 heavy (non-hydrogen) atoms. The first-order chi connectivity index (χ1) is 8.89. The Balaban J connectivity index is 2.61. The van der Waals surface area contributed by atoms with Crippen LogP contribution in [0.1, 0.15) is 53.4 Å². The van der Waals surface area contributed by atoms with E-state index in [0.717, 1.165) is 18.9 Å². The molecule has 0 aromatic rings. The Morgan fingerprint density at radius 1 is 1.21 bits per heavy atom. The second-order valence-corrected chi connectivity index (χ2v) is 8.74. The standard InChI is InChI=1S/C15H31NO2S/c1-5-16-15-8-7-13(12(3)4)11-14(15)9-10-19(17,18)6-2/h12-16H,5-11H2,1-4H3. The molecular weight excluding hydrogens is 258 g/mol. The van der Waals surface area contributed by atoms with Gasteiger partial charge >= 0.3 is 0 Å². The Morgan fingerprint density at radius 3 is 2.42 bits per heavy atom. The van der Waals surface area contributed by atoms with E-state index in [1.165, 1.54) is 19.3 Å². The lowest BCUT2D eigenvalue weighted by molar-refractivity contribution is 0.166. The van der Waals surface area contributed by atoms with Gasteiger partial charge in [-0.1, -0.05) is 27.7 Å². The minimum absolute atomic E-state index is 0.277. The highest BCUT2D eigenvalue weighted by atomic mass is 32.2. The summed E-state index contributed by atoms with van der Waals surface area (Å²) in [6.07, 6.45) is 4.51. The van der Waals surface area contributed by atoms with E-state index in [0.29, 0.717) is 23.6 Å². The summed E-state index contributed by atoms with van der Waals surface area (Å²) in [5.74, 6) is 2.65. The van der Waals surface area contributed by atoms with Crippen LogP contribution in [0.3, 0.4) is 0 Å². The van der Waals surface area contributed by atoms with E-state index in [9.17, 15) is 8.42 Å². The fourth-order valence-electron chi connectivity index (χ4n) is 3.23. The predicted molar refractivity (Wildman–Crippen MR) is 82.1 cm³/mol. The largest absolute Gasteiger partial charge is 0.314 e. The van der Waals surface area contributed by atoms with Crippen LogP contribution in [0.2, 0.25) is 0 Å². The van der Waals surface area contributed by atoms with Gasteiger partial charge in [-0.3, -0.25) is 0 Å². The molecule has 0 heterocycles. The lowest BCUT2D eigenvalue weighted by Crippen LogP contribution is -2.42. The van der Waals surface area contributed by atoms with Gasteiger partial charge < -0.3 is 5.32 Å². The quantitative estimate of drug-likeness (QED) is 0.784. The molecule has 3 atom stereocenters. The third-order valence-corrected chi connectivity index (χ3v) is 6.41. The fraction of sp³-hybridized carbons (Fsp3) is 1.00. The fourth-order valence-corrected chi connectivity index (χ4v) is 4.18. The first-order valence-corrected chi connectivity index (χ1v) is 9.65. The van der Waals surface area contributed by atoms with Crippen molar-refractivity contribution in [1.29, 1.82) is 0 Å². The molecule has 0 aliphatic heterocycles. The summed E-state index contributed by atoms with van der Waals surface area (Å²) < 4.78 is 23.4. The summed E-state index contributed by atoms with van der Waals surface area (Å²) in [4.78, 5) is 0. The van der Waals surface area contributed by atoms with E-state index < -0.39 is 9.84 Å². The number of rotatable bonds is 7. The molecule has 0 aromatic carbocycles. The Kier molecular flexibility index (Phi) is 6.81. The minimum atomic E-state index is -2.82. The maximum absolute atomic E-state index is 11.7. The predicted octanol–water partition coefficient (Wildman–Crippen LogP) is 2.86. The highest BCUT2D eigenvalue weighted by Gasteiger charge is 2.31. The van der Waals surface area contributed by atoms with Gasteiger partial charge in [-0.05, 0) is 50.0 Å². The van der Waals surface area contributed by atoms with Gasteiger partial charge in [-0.25, -0.2) is 8.42 Å². The van der Waals surface area contributed by atoms with Gasteiger partial charge in [0.2, 0.25) is 0 Å². The molecule has 0 radical (unpaired) electrons. The molecule has 0 saturated heterocycles. The van der Waals surface area contributed by atoms with Crippen LogP contribution in [0.4, 0.5) is 0 Å². The highest BCUT2D eigenvalue weighted by Crippen LogP contribution is 2.35. The van der Waals surface area contributed by atoms with Crippen LogP contribution in [0.5, 0.6) is 0 Å². The molecule has 1 fully saturated rings. The maximum Gasteiger partial charge on any atom is 0.150 e. The SMILES string of the molecule is CCNC1CCC(C(C)C)CC1CCS(=O)(=O)CC. The van der Waals surface area contributed by atoms with E-state index in [2.05, 4.69) is 26.1 Å². The third-order valence-electron chi connectivity index (χ3n) is 4.67. The minimum Gasteiger partial charge on any atom is -0.314 e. The second-order valence-electron chi connectivity index (χ2n) is 6.27. The van der Waals surface area contributed by atoms with Crippen molar-refractivity contribution in [2.24, 2.45) is 17.8 Å². The molecule has 0 bridgehead atoms.